The van der Waals surface area contributed by atoms with Crippen LogP contribution in [-0.4, -0.2) is 21.7 Å². The first-order valence-electron chi connectivity index (χ1n) is 4.22. The predicted molar refractivity (Wildman–Crippen MR) is 50.1 cm³/mol. The number of aromatic nitrogens is 3. The van der Waals surface area contributed by atoms with Crippen molar-refractivity contribution in [3.8, 4) is 5.69 Å². The smallest absolute Gasteiger partial charge is 0.445 e. The van der Waals surface area contributed by atoms with Gasteiger partial charge in [0, 0.05) is 24.8 Å². The van der Waals surface area contributed by atoms with Crippen LogP contribution in [0, 0.1) is 0 Å². The minimum Gasteiger partial charge on any atom is -0.445 e. The zero-order valence-electron chi connectivity index (χ0n) is 8.52. The molecule has 0 atom stereocenters. The molecule has 0 aliphatic carbocycles. The Bertz CT molecular complexity index is 457. The average molecular weight is 251 g/mol. The summed E-state index contributed by atoms with van der Waals surface area (Å²) in [5.41, 5.74) is -0.150. The van der Waals surface area contributed by atoms with E-state index in [-0.39, 0.29) is 51.4 Å². The molecule has 0 aromatic carbocycles. The Morgan fingerprint density at radius 1 is 1.12 bits per heavy atom. The van der Waals surface area contributed by atoms with Crippen LogP contribution in [0.1, 0.15) is 0 Å². The van der Waals surface area contributed by atoms with Gasteiger partial charge in [-0.3, -0.25) is 4.98 Å². The summed E-state index contributed by atoms with van der Waals surface area (Å²) in [6, 6.07) is 3.17. The largest absolute Gasteiger partial charge is 1.00 e. The first kappa shape index (κ1) is 13.9. The molecule has 0 bridgehead atoms. The molecule has 3 nitrogen and oxygen atoms in total. The molecular formula is C8H6BF3KN3. The van der Waals surface area contributed by atoms with E-state index in [0.29, 0.717) is 5.69 Å². The fraction of sp³-hybridized carbons (Fsp3) is 0. The number of nitrogens with zero attached hydrogens (tertiary/aromatic N) is 3. The van der Waals surface area contributed by atoms with Crippen LogP contribution >= 0.6 is 0 Å². The molecule has 2 aromatic heterocycles. The molecule has 0 radical (unpaired) electrons. The molecule has 0 amide bonds. The normalized spacial score (nSPS) is 10.9. The summed E-state index contributed by atoms with van der Waals surface area (Å²) in [5.74, 6) is 0. The van der Waals surface area contributed by atoms with E-state index >= 15 is 0 Å². The summed E-state index contributed by atoms with van der Waals surface area (Å²) >= 11 is 0. The fourth-order valence-corrected chi connectivity index (χ4v) is 1.14. The van der Waals surface area contributed by atoms with E-state index in [4.69, 9.17) is 0 Å². The maximum Gasteiger partial charge on any atom is 1.00 e. The van der Waals surface area contributed by atoms with E-state index in [1.165, 1.54) is 17.1 Å². The maximum atomic E-state index is 12.3. The first-order chi connectivity index (χ1) is 7.07. The van der Waals surface area contributed by atoms with Crippen molar-refractivity contribution in [2.45, 2.75) is 0 Å². The Hall–Kier alpha value is -0.149. The molecule has 0 fully saturated rings. The van der Waals surface area contributed by atoms with E-state index in [1.54, 1.807) is 12.1 Å². The van der Waals surface area contributed by atoms with Gasteiger partial charge in [-0.2, -0.15) is 5.10 Å². The van der Waals surface area contributed by atoms with Crippen molar-refractivity contribution in [3.63, 3.8) is 0 Å². The number of hydrogen-bond acceptors (Lipinski definition) is 2. The number of hydrogen-bond donors (Lipinski definition) is 0. The van der Waals surface area contributed by atoms with Crippen molar-refractivity contribution >= 4 is 12.4 Å². The Balaban J connectivity index is 0.00000128. The second-order valence-corrected chi connectivity index (χ2v) is 3.00. The topological polar surface area (TPSA) is 30.7 Å². The van der Waals surface area contributed by atoms with Crippen molar-refractivity contribution in [2.75, 3.05) is 0 Å². The zero-order valence-corrected chi connectivity index (χ0v) is 11.6. The van der Waals surface area contributed by atoms with Gasteiger partial charge in [-0.25, -0.2) is 4.68 Å². The standard InChI is InChI=1S/C8H6BF3N3.K/c10-9(11,12)7-5-14-15(6-7)8-1-3-13-4-2-8;/h1-6H;/q-1;+1. The Kier molecular flexibility index (Phi) is 4.75. The summed E-state index contributed by atoms with van der Waals surface area (Å²) in [4.78, 5) is 3.77. The minimum atomic E-state index is -4.98. The number of halogens is 3. The molecule has 0 spiro atoms. The summed E-state index contributed by atoms with van der Waals surface area (Å²) < 4.78 is 38.1. The van der Waals surface area contributed by atoms with Crippen molar-refractivity contribution in [3.05, 3.63) is 36.9 Å². The van der Waals surface area contributed by atoms with Crippen LogP contribution in [0.5, 0.6) is 0 Å². The monoisotopic (exact) mass is 251 g/mol. The Morgan fingerprint density at radius 3 is 2.25 bits per heavy atom. The molecule has 16 heavy (non-hydrogen) atoms. The van der Waals surface area contributed by atoms with Crippen molar-refractivity contribution in [2.24, 2.45) is 0 Å². The summed E-state index contributed by atoms with van der Waals surface area (Å²) in [7, 11) is 0. The number of rotatable bonds is 2. The van der Waals surface area contributed by atoms with E-state index in [9.17, 15) is 12.9 Å². The molecule has 0 unspecified atom stereocenters. The van der Waals surface area contributed by atoms with Gasteiger partial charge in [-0.15, -0.1) is 0 Å². The van der Waals surface area contributed by atoms with Gasteiger partial charge in [0.15, 0.2) is 0 Å². The van der Waals surface area contributed by atoms with E-state index in [2.05, 4.69) is 10.1 Å². The van der Waals surface area contributed by atoms with Gasteiger partial charge in [0.2, 0.25) is 0 Å². The molecule has 2 rings (SSSR count). The Morgan fingerprint density at radius 2 is 1.75 bits per heavy atom. The average Bonchev–Trinajstić information content (AvgIpc) is 2.67. The van der Waals surface area contributed by atoms with Gasteiger partial charge in [-0.05, 0) is 12.1 Å². The van der Waals surface area contributed by atoms with Crippen LogP contribution < -0.4 is 56.8 Å². The molecule has 0 saturated heterocycles. The Labute approximate surface area is 133 Å². The molecule has 2 heterocycles. The molecule has 8 heteroatoms. The SMILES string of the molecule is F[B-](F)(F)c1cnn(-c2ccncc2)c1.[K+]. The minimum absolute atomic E-state index is 0. The molecule has 0 N–H and O–H groups in total. The van der Waals surface area contributed by atoms with Gasteiger partial charge in [0.05, 0.1) is 5.69 Å². The van der Waals surface area contributed by atoms with Crippen LogP contribution in [0.25, 0.3) is 5.69 Å². The van der Waals surface area contributed by atoms with Gasteiger partial charge >= 0.3 is 58.4 Å². The molecule has 0 aliphatic rings. The second kappa shape index (κ2) is 5.46. The third kappa shape index (κ3) is 3.17. The maximum absolute atomic E-state index is 12.3. The van der Waals surface area contributed by atoms with Crippen molar-refractivity contribution in [1.82, 2.24) is 14.8 Å². The quantitative estimate of drug-likeness (QED) is 0.597. The third-order valence-electron chi connectivity index (χ3n) is 1.91. The van der Waals surface area contributed by atoms with Gasteiger partial charge in [0.1, 0.15) is 0 Å². The number of pyridine rings is 1. The molecule has 78 valence electrons. The molecule has 0 saturated carbocycles. The van der Waals surface area contributed by atoms with Crippen LogP contribution in [0.15, 0.2) is 36.9 Å². The summed E-state index contributed by atoms with van der Waals surface area (Å²) in [6.45, 7) is -4.98. The fourth-order valence-electron chi connectivity index (χ4n) is 1.14. The predicted octanol–water partition coefficient (Wildman–Crippen LogP) is -1.67. The van der Waals surface area contributed by atoms with E-state index < -0.39 is 12.4 Å². The van der Waals surface area contributed by atoms with E-state index in [1.807, 2.05) is 0 Å². The van der Waals surface area contributed by atoms with E-state index in [0.717, 1.165) is 12.4 Å². The summed E-state index contributed by atoms with van der Waals surface area (Å²) in [6.07, 6.45) is 4.78. The summed E-state index contributed by atoms with van der Waals surface area (Å²) in [5, 5.41) is 3.64. The van der Waals surface area contributed by atoms with Gasteiger partial charge < -0.3 is 12.9 Å². The second-order valence-electron chi connectivity index (χ2n) is 3.00. The molecule has 0 aliphatic heterocycles. The van der Waals surface area contributed by atoms with Crippen LogP contribution in [0.3, 0.4) is 0 Å². The van der Waals surface area contributed by atoms with Gasteiger partial charge in [0.25, 0.3) is 0 Å². The molecular weight excluding hydrogens is 245 g/mol. The van der Waals surface area contributed by atoms with Crippen LogP contribution in [0.2, 0.25) is 0 Å². The first-order valence-corrected chi connectivity index (χ1v) is 4.22. The van der Waals surface area contributed by atoms with Gasteiger partial charge in [-0.1, -0.05) is 5.46 Å². The van der Waals surface area contributed by atoms with Crippen LogP contribution in [0.4, 0.5) is 12.9 Å². The third-order valence-corrected chi connectivity index (χ3v) is 1.91. The van der Waals surface area contributed by atoms with Crippen molar-refractivity contribution < 1.29 is 64.3 Å². The zero-order chi connectivity index (χ0) is 10.9. The van der Waals surface area contributed by atoms with Crippen molar-refractivity contribution in [1.29, 1.82) is 0 Å². The molecule has 2 aromatic rings. The van der Waals surface area contributed by atoms with Crippen LogP contribution in [-0.2, 0) is 0 Å².